The van der Waals surface area contributed by atoms with Gasteiger partial charge in [0.05, 0.1) is 16.7 Å². The minimum atomic E-state index is -0.291. The van der Waals surface area contributed by atoms with E-state index in [4.69, 9.17) is 14.4 Å². The molecule has 57 heavy (non-hydrogen) atoms. The number of hydrogen-bond donors (Lipinski definition) is 1. The zero-order valence-electron chi connectivity index (χ0n) is 30.8. The van der Waals surface area contributed by atoms with Gasteiger partial charge in [0, 0.05) is 64.3 Å². The SMILES string of the molecule is C1=CCC(C2=NC(c3ccccc3)=NC(c3ccc4oc5c(-c6cccc7c6sc6cccc(-n8c9ccccc9c9ccccc98)c67)cccc5c4c3)N2)C=C1. The fourth-order valence-corrected chi connectivity index (χ4v) is 10.2. The number of benzene rings is 7. The molecular formula is C51H34N4OS. The van der Waals surface area contributed by atoms with Gasteiger partial charge in [0.25, 0.3) is 0 Å². The molecule has 1 N–H and O–H groups in total. The molecular weight excluding hydrogens is 717 g/mol. The van der Waals surface area contributed by atoms with Crippen LogP contribution in [0.15, 0.2) is 190 Å². The normalized spacial score (nSPS) is 16.9. The predicted molar refractivity (Wildman–Crippen MR) is 239 cm³/mol. The lowest BCUT2D eigenvalue weighted by molar-refractivity contribution is 0.641. The smallest absolute Gasteiger partial charge is 0.159 e. The van der Waals surface area contributed by atoms with Crippen LogP contribution in [0.1, 0.15) is 23.7 Å². The van der Waals surface area contributed by atoms with E-state index in [1.807, 2.05) is 29.5 Å². The van der Waals surface area contributed by atoms with Crippen molar-refractivity contribution in [2.45, 2.75) is 12.6 Å². The Morgan fingerprint density at radius 1 is 0.649 bits per heavy atom. The number of amidine groups is 2. The summed E-state index contributed by atoms with van der Waals surface area (Å²) in [5, 5.41) is 10.9. The molecule has 0 saturated carbocycles. The summed E-state index contributed by atoms with van der Waals surface area (Å²) >= 11 is 1.85. The molecule has 0 fully saturated rings. The van der Waals surface area contributed by atoms with E-state index in [2.05, 4.69) is 168 Å². The summed E-state index contributed by atoms with van der Waals surface area (Å²) in [5.74, 6) is 1.85. The number of nitrogens with zero attached hydrogens (tertiary/aromatic N) is 3. The largest absolute Gasteiger partial charge is 0.455 e. The van der Waals surface area contributed by atoms with Crippen LogP contribution in [0.3, 0.4) is 0 Å². The van der Waals surface area contributed by atoms with E-state index in [1.54, 1.807) is 0 Å². The van der Waals surface area contributed by atoms with Gasteiger partial charge in [0.2, 0.25) is 0 Å². The fraction of sp³-hybridized carbons (Fsp3) is 0.0588. The molecule has 3 aromatic heterocycles. The Balaban J connectivity index is 0.995. The quantitative estimate of drug-likeness (QED) is 0.190. The molecule has 0 amide bonds. The van der Waals surface area contributed by atoms with Crippen molar-refractivity contribution in [1.82, 2.24) is 9.88 Å². The van der Waals surface area contributed by atoms with Crippen LogP contribution in [0.25, 0.3) is 80.7 Å². The number of hydrogen-bond acceptors (Lipinski definition) is 5. The second-order valence-electron chi connectivity index (χ2n) is 14.9. The van der Waals surface area contributed by atoms with Crippen LogP contribution >= 0.6 is 11.3 Å². The lowest BCUT2D eigenvalue weighted by atomic mass is 9.97. The van der Waals surface area contributed by atoms with Crippen LogP contribution in [0, 0.1) is 5.92 Å². The average molecular weight is 751 g/mol. The van der Waals surface area contributed by atoms with Crippen molar-refractivity contribution in [3.8, 4) is 16.8 Å². The molecule has 10 aromatic rings. The Hall–Kier alpha value is -7.02. The second-order valence-corrected chi connectivity index (χ2v) is 15.9. The van der Waals surface area contributed by atoms with Gasteiger partial charge >= 0.3 is 0 Å². The van der Waals surface area contributed by atoms with Gasteiger partial charge in [-0.25, -0.2) is 9.98 Å². The molecule has 1 aliphatic heterocycles. The lowest BCUT2D eigenvalue weighted by Crippen LogP contribution is -2.37. The van der Waals surface area contributed by atoms with E-state index in [1.165, 1.54) is 53.2 Å². The molecule has 2 aliphatic rings. The molecule has 4 heterocycles. The van der Waals surface area contributed by atoms with Gasteiger partial charge in [-0.2, -0.15) is 0 Å². The van der Waals surface area contributed by atoms with Crippen molar-refractivity contribution in [2.24, 2.45) is 15.9 Å². The Morgan fingerprint density at radius 3 is 2.19 bits per heavy atom. The molecule has 0 radical (unpaired) electrons. The van der Waals surface area contributed by atoms with E-state index < -0.39 is 0 Å². The zero-order chi connectivity index (χ0) is 37.5. The van der Waals surface area contributed by atoms with Gasteiger partial charge in [0.1, 0.15) is 23.2 Å². The van der Waals surface area contributed by atoms with Crippen LogP contribution in [0.5, 0.6) is 0 Å². The molecule has 2 atom stereocenters. The highest BCUT2D eigenvalue weighted by Gasteiger charge is 2.26. The summed E-state index contributed by atoms with van der Waals surface area (Å²) in [6.07, 6.45) is 9.23. The van der Waals surface area contributed by atoms with Crippen LogP contribution in [0.2, 0.25) is 0 Å². The first-order chi connectivity index (χ1) is 28.3. The van der Waals surface area contributed by atoms with Crippen molar-refractivity contribution in [3.05, 3.63) is 187 Å². The third kappa shape index (κ3) is 5.07. The number of thiophene rings is 1. The number of furan rings is 1. The second kappa shape index (κ2) is 12.8. The van der Waals surface area contributed by atoms with Crippen LogP contribution in [-0.4, -0.2) is 16.2 Å². The number of rotatable bonds is 5. The Labute approximate surface area is 332 Å². The Bertz CT molecular complexity index is 3320. The van der Waals surface area contributed by atoms with Gasteiger partial charge in [-0.05, 0) is 48.4 Å². The fourth-order valence-electron chi connectivity index (χ4n) is 8.94. The van der Waals surface area contributed by atoms with Gasteiger partial charge in [-0.1, -0.05) is 140 Å². The minimum absolute atomic E-state index is 0.169. The Kier molecular flexibility index (Phi) is 7.22. The summed E-state index contributed by atoms with van der Waals surface area (Å²) < 4.78 is 11.7. The molecule has 2 unspecified atom stereocenters. The highest BCUT2D eigenvalue weighted by Crippen LogP contribution is 2.46. The highest BCUT2D eigenvalue weighted by atomic mass is 32.1. The summed E-state index contributed by atoms with van der Waals surface area (Å²) in [4.78, 5) is 10.2. The van der Waals surface area contributed by atoms with E-state index >= 15 is 0 Å². The molecule has 12 rings (SSSR count). The van der Waals surface area contributed by atoms with Gasteiger partial charge < -0.3 is 14.3 Å². The first-order valence-corrected chi connectivity index (χ1v) is 20.3. The molecule has 0 saturated heterocycles. The summed E-state index contributed by atoms with van der Waals surface area (Å²) in [6, 6.07) is 54.2. The molecule has 7 aromatic carbocycles. The minimum Gasteiger partial charge on any atom is -0.455 e. The first kappa shape index (κ1) is 32.2. The number of para-hydroxylation sites is 3. The van der Waals surface area contributed by atoms with Gasteiger partial charge in [-0.3, -0.25) is 0 Å². The van der Waals surface area contributed by atoms with E-state index in [0.29, 0.717) is 0 Å². The molecule has 5 nitrogen and oxygen atoms in total. The van der Waals surface area contributed by atoms with Crippen LogP contribution < -0.4 is 5.32 Å². The number of aromatic nitrogens is 1. The lowest BCUT2D eigenvalue weighted by Gasteiger charge is -2.27. The first-order valence-electron chi connectivity index (χ1n) is 19.5. The van der Waals surface area contributed by atoms with Gasteiger partial charge in [-0.15, -0.1) is 11.3 Å². The maximum atomic E-state index is 6.79. The number of nitrogens with one attached hydrogen (secondary N) is 1. The summed E-state index contributed by atoms with van der Waals surface area (Å²) in [5.41, 5.74) is 9.71. The monoisotopic (exact) mass is 750 g/mol. The van der Waals surface area contributed by atoms with Crippen LogP contribution in [0.4, 0.5) is 0 Å². The third-order valence-corrected chi connectivity index (χ3v) is 12.8. The predicted octanol–water partition coefficient (Wildman–Crippen LogP) is 13.3. The molecule has 270 valence electrons. The van der Waals surface area contributed by atoms with E-state index in [-0.39, 0.29) is 12.1 Å². The van der Waals surface area contributed by atoms with E-state index in [0.717, 1.165) is 56.7 Å². The van der Waals surface area contributed by atoms with Gasteiger partial charge in [0.15, 0.2) is 5.84 Å². The standard InChI is InChI=1S/C51H34N4OS/c1-3-14-31(15-4-1)49-52-50(32-16-5-2-6-17-32)54-51(53-49)33-28-29-44-40(30-33)37-21-11-20-36(47(37)56-44)38-22-12-23-39-46-43(26-13-27-45(46)57-48(38)39)55-41-24-9-7-18-34(41)35-19-8-10-25-42(35)55/h1-16,18-30,32,51H,17H2,(H,52,53,54). The summed E-state index contributed by atoms with van der Waals surface area (Å²) in [6.45, 7) is 0. The number of allylic oxidation sites excluding steroid dienone is 3. The van der Waals surface area contributed by atoms with E-state index in [9.17, 15) is 0 Å². The molecule has 0 spiro atoms. The van der Waals surface area contributed by atoms with Crippen molar-refractivity contribution >= 4 is 86.9 Å². The summed E-state index contributed by atoms with van der Waals surface area (Å²) in [7, 11) is 0. The molecule has 1 aliphatic carbocycles. The maximum Gasteiger partial charge on any atom is 0.159 e. The number of aliphatic imine (C=N–C) groups is 2. The van der Waals surface area contributed by atoms with Crippen LogP contribution in [-0.2, 0) is 0 Å². The third-order valence-electron chi connectivity index (χ3n) is 11.6. The number of fused-ring (bicyclic) bond motifs is 9. The molecule has 6 heteroatoms. The van der Waals surface area contributed by atoms with Crippen molar-refractivity contribution in [1.29, 1.82) is 0 Å². The topological polar surface area (TPSA) is 54.8 Å². The molecule has 0 bridgehead atoms. The average Bonchev–Trinajstić information content (AvgIpc) is 3.96. The highest BCUT2D eigenvalue weighted by molar-refractivity contribution is 7.26. The van der Waals surface area contributed by atoms with Crippen molar-refractivity contribution < 1.29 is 4.42 Å². The van der Waals surface area contributed by atoms with Crippen molar-refractivity contribution in [2.75, 3.05) is 0 Å². The zero-order valence-corrected chi connectivity index (χ0v) is 31.6. The Morgan fingerprint density at radius 2 is 1.39 bits per heavy atom. The van der Waals surface area contributed by atoms with Crippen molar-refractivity contribution in [3.63, 3.8) is 0 Å². The maximum absolute atomic E-state index is 6.79.